The molecule has 7 nitrogen and oxygen atoms in total. The Hall–Kier alpha value is -2.61. The van der Waals surface area contributed by atoms with E-state index in [0.29, 0.717) is 6.61 Å². The highest BCUT2D eigenvalue weighted by atomic mass is 16.5. The predicted octanol–water partition coefficient (Wildman–Crippen LogP) is 3.83. The second kappa shape index (κ2) is 11.6. The molecule has 0 spiro atoms. The molecule has 2 aromatic rings. The van der Waals surface area contributed by atoms with E-state index < -0.39 is 0 Å². The number of amidine groups is 1. The number of aliphatic imine (C=N–C) groups is 1. The third-order valence-electron chi connectivity index (χ3n) is 7.79. The fourth-order valence-electron chi connectivity index (χ4n) is 5.29. The molecule has 0 aromatic heterocycles. The summed E-state index contributed by atoms with van der Waals surface area (Å²) in [6.07, 6.45) is 1.05. The van der Waals surface area contributed by atoms with E-state index in [1.165, 1.54) is 16.8 Å². The van der Waals surface area contributed by atoms with Gasteiger partial charge >= 0.3 is 0 Å². The third-order valence-corrected chi connectivity index (χ3v) is 7.79. The highest BCUT2D eigenvalue weighted by Gasteiger charge is 2.22. The van der Waals surface area contributed by atoms with Crippen molar-refractivity contribution in [1.29, 1.82) is 0 Å². The Balaban J connectivity index is 1.21. The molecule has 3 heterocycles. The van der Waals surface area contributed by atoms with Gasteiger partial charge < -0.3 is 24.2 Å². The summed E-state index contributed by atoms with van der Waals surface area (Å²) in [6.45, 7) is 15.4. The molecule has 0 saturated carbocycles. The van der Waals surface area contributed by atoms with Crippen molar-refractivity contribution >= 4 is 17.2 Å². The summed E-state index contributed by atoms with van der Waals surface area (Å²) in [5.41, 5.74) is 4.79. The van der Waals surface area contributed by atoms with Gasteiger partial charge in [-0.3, -0.25) is 9.89 Å². The predicted molar refractivity (Wildman–Crippen MR) is 149 cm³/mol. The van der Waals surface area contributed by atoms with Crippen molar-refractivity contribution < 1.29 is 9.47 Å². The van der Waals surface area contributed by atoms with E-state index >= 15 is 0 Å². The van der Waals surface area contributed by atoms with E-state index in [9.17, 15) is 0 Å². The van der Waals surface area contributed by atoms with Crippen LogP contribution in [0.2, 0.25) is 0 Å². The van der Waals surface area contributed by atoms with Crippen LogP contribution in [-0.4, -0.2) is 101 Å². The lowest BCUT2D eigenvalue weighted by molar-refractivity contribution is 0.0368. The van der Waals surface area contributed by atoms with Gasteiger partial charge in [-0.05, 0) is 55.3 Å². The van der Waals surface area contributed by atoms with Crippen molar-refractivity contribution in [1.82, 2.24) is 9.80 Å². The Kier molecular flexibility index (Phi) is 8.09. The lowest BCUT2D eigenvalue weighted by Crippen LogP contribution is -2.46. The normalized spacial score (nSPS) is 21.4. The van der Waals surface area contributed by atoms with E-state index in [-0.39, 0.29) is 6.04 Å². The van der Waals surface area contributed by atoms with Crippen LogP contribution >= 0.6 is 0 Å². The summed E-state index contributed by atoms with van der Waals surface area (Å²) in [4.78, 5) is 14.7. The van der Waals surface area contributed by atoms with Crippen LogP contribution in [-0.2, 0) is 4.74 Å². The average Bonchev–Trinajstić information content (AvgIpc) is 2.94. The van der Waals surface area contributed by atoms with Gasteiger partial charge in [0.15, 0.2) is 0 Å². The molecule has 0 amide bonds. The molecule has 3 aliphatic rings. The van der Waals surface area contributed by atoms with Gasteiger partial charge in [-0.25, -0.2) is 0 Å². The fourth-order valence-corrected chi connectivity index (χ4v) is 5.29. The first-order chi connectivity index (χ1) is 17.6. The van der Waals surface area contributed by atoms with Gasteiger partial charge in [0.25, 0.3) is 0 Å². The van der Waals surface area contributed by atoms with Crippen molar-refractivity contribution in [2.45, 2.75) is 26.3 Å². The molecule has 7 heteroatoms. The summed E-state index contributed by atoms with van der Waals surface area (Å²) >= 11 is 0. The number of hydrogen-bond donors (Lipinski definition) is 0. The van der Waals surface area contributed by atoms with Crippen LogP contribution in [0.25, 0.3) is 11.1 Å². The maximum atomic E-state index is 6.19. The number of piperazine rings is 1. The Morgan fingerprint density at radius 1 is 0.889 bits per heavy atom. The minimum Gasteiger partial charge on any atom is -0.483 e. The zero-order valence-electron chi connectivity index (χ0n) is 22.2. The van der Waals surface area contributed by atoms with Crippen molar-refractivity contribution in [2.75, 3.05) is 89.0 Å². The molecule has 2 aromatic carbocycles. The highest BCUT2D eigenvalue weighted by Crippen LogP contribution is 2.36. The average molecular weight is 492 g/mol. The van der Waals surface area contributed by atoms with Gasteiger partial charge in [0.1, 0.15) is 18.2 Å². The minimum absolute atomic E-state index is 0.262. The molecular formula is C29H41N5O2. The number of hydrogen-bond acceptors (Lipinski definition) is 6. The van der Waals surface area contributed by atoms with Crippen molar-refractivity contribution in [3.63, 3.8) is 0 Å². The number of benzene rings is 2. The van der Waals surface area contributed by atoms with E-state index in [2.05, 4.69) is 83.0 Å². The molecule has 1 atom stereocenters. The molecule has 0 radical (unpaired) electrons. The van der Waals surface area contributed by atoms with Gasteiger partial charge in [0.2, 0.25) is 0 Å². The first-order valence-electron chi connectivity index (χ1n) is 13.6. The van der Waals surface area contributed by atoms with E-state index in [0.717, 1.165) is 89.3 Å². The molecule has 194 valence electrons. The van der Waals surface area contributed by atoms with Crippen LogP contribution in [0, 0.1) is 0 Å². The summed E-state index contributed by atoms with van der Waals surface area (Å²) in [5, 5.41) is 0. The zero-order chi connectivity index (χ0) is 24.9. The van der Waals surface area contributed by atoms with Crippen LogP contribution in [0.1, 0.15) is 20.3 Å². The van der Waals surface area contributed by atoms with Crippen LogP contribution in [0.15, 0.2) is 47.5 Å². The van der Waals surface area contributed by atoms with Crippen molar-refractivity contribution in [2.24, 2.45) is 4.99 Å². The topological polar surface area (TPSA) is 43.8 Å². The van der Waals surface area contributed by atoms with Gasteiger partial charge in [-0.15, -0.1) is 0 Å². The monoisotopic (exact) mass is 491 g/mol. The first kappa shape index (κ1) is 25.1. The standard InChI is InChI=1S/C29H41N5O2/c1-4-32-13-15-34(16-14-32)26-8-5-24(6-9-26)25-7-10-27-28(21-25)36-22-29(31(27)3)30-23(2)11-12-33-17-19-35-20-18-33/h5-10,21,23H,4,11-20,22H2,1-3H3/b30-29-. The Morgan fingerprint density at radius 2 is 1.61 bits per heavy atom. The summed E-state index contributed by atoms with van der Waals surface area (Å²) in [7, 11) is 2.10. The molecule has 0 N–H and O–H groups in total. The van der Waals surface area contributed by atoms with Gasteiger partial charge in [-0.2, -0.15) is 0 Å². The molecule has 2 saturated heterocycles. The number of ether oxygens (including phenoxy) is 2. The molecule has 5 rings (SSSR count). The quantitative estimate of drug-likeness (QED) is 0.587. The van der Waals surface area contributed by atoms with Crippen molar-refractivity contribution in [3.05, 3.63) is 42.5 Å². The van der Waals surface area contributed by atoms with Crippen LogP contribution in [0.3, 0.4) is 0 Å². The second-order valence-electron chi connectivity index (χ2n) is 10.1. The van der Waals surface area contributed by atoms with Crippen LogP contribution < -0.4 is 14.5 Å². The second-order valence-corrected chi connectivity index (χ2v) is 10.1. The number of morpholine rings is 1. The SMILES string of the molecule is CCN1CCN(c2ccc(-c3ccc4c(c3)OC/C(=N/C(C)CCN3CCOCC3)N4C)cc2)CC1. The maximum absolute atomic E-state index is 6.19. The third kappa shape index (κ3) is 5.85. The van der Waals surface area contributed by atoms with Crippen molar-refractivity contribution in [3.8, 4) is 16.9 Å². The number of likely N-dealkylation sites (N-methyl/N-ethyl adjacent to an activating group) is 2. The molecular weight excluding hydrogens is 450 g/mol. The van der Waals surface area contributed by atoms with E-state index in [1.807, 2.05) is 0 Å². The Bertz CT molecular complexity index is 1030. The molecule has 0 aliphatic carbocycles. The summed E-state index contributed by atoms with van der Waals surface area (Å²) < 4.78 is 11.6. The fraction of sp³-hybridized carbons (Fsp3) is 0.552. The minimum atomic E-state index is 0.262. The summed E-state index contributed by atoms with van der Waals surface area (Å²) in [6, 6.07) is 15.8. The first-order valence-corrected chi connectivity index (χ1v) is 13.6. The number of nitrogens with zero attached hydrogens (tertiary/aromatic N) is 5. The Morgan fingerprint density at radius 3 is 2.33 bits per heavy atom. The largest absolute Gasteiger partial charge is 0.483 e. The zero-order valence-corrected chi connectivity index (χ0v) is 22.2. The number of anilines is 2. The lowest BCUT2D eigenvalue weighted by atomic mass is 10.0. The van der Waals surface area contributed by atoms with Gasteiger partial charge in [0.05, 0.1) is 24.9 Å². The molecule has 1 unspecified atom stereocenters. The highest BCUT2D eigenvalue weighted by molar-refractivity contribution is 6.01. The lowest BCUT2D eigenvalue weighted by Gasteiger charge is -2.35. The van der Waals surface area contributed by atoms with E-state index in [4.69, 9.17) is 14.5 Å². The molecule has 2 fully saturated rings. The number of fused-ring (bicyclic) bond motifs is 1. The number of rotatable bonds is 7. The van der Waals surface area contributed by atoms with Gasteiger partial charge in [-0.1, -0.05) is 25.1 Å². The maximum Gasteiger partial charge on any atom is 0.146 e. The molecule has 0 bridgehead atoms. The van der Waals surface area contributed by atoms with Gasteiger partial charge in [0, 0.05) is 58.5 Å². The summed E-state index contributed by atoms with van der Waals surface area (Å²) in [5.74, 6) is 1.92. The van der Waals surface area contributed by atoms with Crippen LogP contribution in [0.5, 0.6) is 5.75 Å². The van der Waals surface area contributed by atoms with Crippen LogP contribution in [0.4, 0.5) is 11.4 Å². The molecule has 3 aliphatic heterocycles. The molecule has 36 heavy (non-hydrogen) atoms. The smallest absolute Gasteiger partial charge is 0.146 e. The van der Waals surface area contributed by atoms with E-state index in [1.54, 1.807) is 0 Å². The Labute approximate surface area is 216 Å².